The molecule has 1 aliphatic carbocycles. The van der Waals surface area contributed by atoms with Crippen molar-refractivity contribution in [2.45, 2.75) is 36.9 Å². The molecule has 1 aromatic rings. The van der Waals surface area contributed by atoms with Crippen LogP contribution in [0.1, 0.15) is 37.4 Å². The standard InChI is InChI=1S/C10H16N4O2S2/c11-18(15,16)8-5-14(6-8)10-12-9(13-17-10)7-3-1-2-4-7/h7-8H,1-6H2,(H2,11,15,16). The number of rotatable bonds is 3. The summed E-state index contributed by atoms with van der Waals surface area (Å²) in [7, 11) is -3.40. The van der Waals surface area contributed by atoms with Gasteiger partial charge in [0.25, 0.3) is 0 Å². The van der Waals surface area contributed by atoms with Gasteiger partial charge in [0, 0.05) is 30.5 Å². The third-order valence-corrected chi connectivity index (χ3v) is 5.75. The van der Waals surface area contributed by atoms with Crippen LogP contribution in [-0.4, -0.2) is 36.1 Å². The van der Waals surface area contributed by atoms with E-state index in [1.165, 1.54) is 37.2 Å². The summed E-state index contributed by atoms with van der Waals surface area (Å²) >= 11 is 1.36. The van der Waals surface area contributed by atoms with Crippen molar-refractivity contribution < 1.29 is 8.42 Å². The van der Waals surface area contributed by atoms with E-state index in [0.29, 0.717) is 19.0 Å². The van der Waals surface area contributed by atoms with Crippen molar-refractivity contribution in [1.82, 2.24) is 9.36 Å². The van der Waals surface area contributed by atoms with Gasteiger partial charge in [-0.05, 0) is 12.8 Å². The third-order valence-electron chi connectivity index (χ3n) is 3.73. The van der Waals surface area contributed by atoms with Gasteiger partial charge in [-0.25, -0.2) is 18.5 Å². The van der Waals surface area contributed by atoms with Crippen molar-refractivity contribution in [3.63, 3.8) is 0 Å². The summed E-state index contributed by atoms with van der Waals surface area (Å²) < 4.78 is 26.6. The average Bonchev–Trinajstić information content (AvgIpc) is 2.80. The first-order valence-corrected chi connectivity index (χ1v) is 8.52. The minimum Gasteiger partial charge on any atom is -0.344 e. The lowest BCUT2D eigenvalue weighted by Gasteiger charge is -2.36. The van der Waals surface area contributed by atoms with Crippen LogP contribution < -0.4 is 10.0 Å². The Labute approximate surface area is 110 Å². The first-order valence-electron chi connectivity index (χ1n) is 6.14. The summed E-state index contributed by atoms with van der Waals surface area (Å²) in [4.78, 5) is 6.46. The second-order valence-corrected chi connectivity index (χ2v) is 7.61. The number of nitrogens with zero attached hydrogens (tertiary/aromatic N) is 3. The van der Waals surface area contributed by atoms with Crippen LogP contribution in [0.3, 0.4) is 0 Å². The van der Waals surface area contributed by atoms with Crippen molar-refractivity contribution in [2.75, 3.05) is 18.0 Å². The summed E-state index contributed by atoms with van der Waals surface area (Å²) in [5, 5.41) is 5.48. The fraction of sp³-hybridized carbons (Fsp3) is 0.800. The first-order chi connectivity index (χ1) is 8.54. The maximum absolute atomic E-state index is 11.1. The van der Waals surface area contributed by atoms with E-state index >= 15 is 0 Å². The van der Waals surface area contributed by atoms with Crippen molar-refractivity contribution in [3.05, 3.63) is 5.82 Å². The molecular weight excluding hydrogens is 272 g/mol. The van der Waals surface area contributed by atoms with Crippen molar-refractivity contribution in [3.8, 4) is 0 Å². The zero-order valence-corrected chi connectivity index (χ0v) is 11.6. The van der Waals surface area contributed by atoms with E-state index in [4.69, 9.17) is 5.14 Å². The van der Waals surface area contributed by atoms with Crippen molar-refractivity contribution in [2.24, 2.45) is 5.14 Å². The highest BCUT2D eigenvalue weighted by molar-refractivity contribution is 7.89. The number of primary sulfonamides is 1. The van der Waals surface area contributed by atoms with Crippen LogP contribution in [0.5, 0.6) is 0 Å². The molecule has 0 radical (unpaired) electrons. The summed E-state index contributed by atoms with van der Waals surface area (Å²) in [6.45, 7) is 0.885. The predicted molar refractivity (Wildman–Crippen MR) is 70.2 cm³/mol. The topological polar surface area (TPSA) is 89.2 Å². The molecule has 0 amide bonds. The van der Waals surface area contributed by atoms with Crippen LogP contribution in [0.25, 0.3) is 0 Å². The van der Waals surface area contributed by atoms with Crippen molar-refractivity contribution in [1.29, 1.82) is 0 Å². The Bertz CT molecular complexity index is 530. The molecule has 0 spiro atoms. The van der Waals surface area contributed by atoms with E-state index in [9.17, 15) is 8.42 Å². The summed E-state index contributed by atoms with van der Waals surface area (Å²) in [5.74, 6) is 1.44. The normalized spacial score (nSPS) is 22.4. The monoisotopic (exact) mass is 288 g/mol. The molecule has 1 aliphatic heterocycles. The van der Waals surface area contributed by atoms with Gasteiger partial charge in [-0.2, -0.15) is 4.37 Å². The number of sulfonamides is 1. The quantitative estimate of drug-likeness (QED) is 0.883. The molecule has 1 aromatic heterocycles. The first kappa shape index (κ1) is 12.3. The average molecular weight is 288 g/mol. The fourth-order valence-electron chi connectivity index (χ4n) is 2.51. The maximum Gasteiger partial charge on any atom is 0.215 e. The van der Waals surface area contributed by atoms with Gasteiger partial charge in [0.1, 0.15) is 11.1 Å². The molecule has 0 unspecified atom stereocenters. The highest BCUT2D eigenvalue weighted by Crippen LogP contribution is 2.35. The van der Waals surface area contributed by atoms with Crippen LogP contribution in [0.2, 0.25) is 0 Å². The molecule has 2 fully saturated rings. The second-order valence-electron chi connectivity index (χ2n) is 5.03. The van der Waals surface area contributed by atoms with Gasteiger partial charge in [0.2, 0.25) is 15.2 Å². The highest BCUT2D eigenvalue weighted by atomic mass is 32.2. The zero-order valence-electron chi connectivity index (χ0n) is 9.95. The molecule has 2 N–H and O–H groups in total. The molecule has 0 aromatic carbocycles. The molecule has 2 aliphatic rings. The predicted octanol–water partition coefficient (Wildman–Crippen LogP) is 0.673. The number of hydrogen-bond acceptors (Lipinski definition) is 6. The molecule has 8 heteroatoms. The van der Waals surface area contributed by atoms with Gasteiger partial charge in [-0.1, -0.05) is 12.8 Å². The molecule has 6 nitrogen and oxygen atoms in total. The number of anilines is 1. The summed E-state index contributed by atoms with van der Waals surface area (Å²) in [5.41, 5.74) is 0. The smallest absolute Gasteiger partial charge is 0.215 e. The molecule has 1 saturated carbocycles. The molecule has 3 rings (SSSR count). The van der Waals surface area contributed by atoms with E-state index < -0.39 is 15.3 Å². The highest BCUT2D eigenvalue weighted by Gasteiger charge is 2.37. The fourth-order valence-corrected chi connectivity index (χ4v) is 4.05. The minimum atomic E-state index is -3.40. The van der Waals surface area contributed by atoms with Crippen LogP contribution >= 0.6 is 11.5 Å². The molecule has 2 heterocycles. The van der Waals surface area contributed by atoms with Gasteiger partial charge < -0.3 is 4.90 Å². The van der Waals surface area contributed by atoms with Gasteiger partial charge in [0.15, 0.2) is 0 Å². The van der Waals surface area contributed by atoms with E-state index in [2.05, 4.69) is 9.36 Å². The second kappa shape index (κ2) is 4.43. The summed E-state index contributed by atoms with van der Waals surface area (Å²) in [6.07, 6.45) is 4.87. The van der Waals surface area contributed by atoms with Gasteiger partial charge >= 0.3 is 0 Å². The van der Waals surface area contributed by atoms with Crippen LogP contribution in [-0.2, 0) is 10.0 Å². The molecule has 100 valence electrons. The molecule has 0 atom stereocenters. The lowest BCUT2D eigenvalue weighted by molar-refractivity contribution is 0.541. The number of hydrogen-bond donors (Lipinski definition) is 1. The van der Waals surface area contributed by atoms with Crippen LogP contribution in [0.15, 0.2) is 0 Å². The van der Waals surface area contributed by atoms with E-state index in [1.54, 1.807) is 0 Å². The molecular formula is C10H16N4O2S2. The lowest BCUT2D eigenvalue weighted by atomic mass is 10.1. The van der Waals surface area contributed by atoms with E-state index in [0.717, 1.165) is 11.0 Å². The van der Waals surface area contributed by atoms with Gasteiger partial charge in [0.05, 0.1) is 0 Å². The Kier molecular flexibility index (Phi) is 3.03. The minimum absolute atomic E-state index is 0.443. The molecule has 0 bridgehead atoms. The van der Waals surface area contributed by atoms with Gasteiger partial charge in [-0.15, -0.1) is 0 Å². The Morgan fingerprint density at radius 3 is 2.56 bits per heavy atom. The Morgan fingerprint density at radius 1 is 1.28 bits per heavy atom. The van der Waals surface area contributed by atoms with Crippen LogP contribution in [0, 0.1) is 0 Å². The molecule has 1 saturated heterocycles. The van der Waals surface area contributed by atoms with Crippen molar-refractivity contribution >= 4 is 26.7 Å². The maximum atomic E-state index is 11.1. The third kappa shape index (κ3) is 2.24. The Hall–Kier alpha value is -0.730. The van der Waals surface area contributed by atoms with Gasteiger partial charge in [-0.3, -0.25) is 0 Å². The number of nitrogens with two attached hydrogens (primary N) is 1. The number of aromatic nitrogens is 2. The molecule has 18 heavy (non-hydrogen) atoms. The lowest BCUT2D eigenvalue weighted by Crippen LogP contribution is -2.56. The van der Waals surface area contributed by atoms with Crippen LogP contribution in [0.4, 0.5) is 5.13 Å². The Morgan fingerprint density at radius 2 is 1.94 bits per heavy atom. The zero-order chi connectivity index (χ0) is 12.8. The SMILES string of the molecule is NS(=O)(=O)C1CN(c2nc(C3CCCC3)ns2)C1. The largest absolute Gasteiger partial charge is 0.344 e. The van der Waals surface area contributed by atoms with E-state index in [1.807, 2.05) is 4.90 Å². The Balaban J connectivity index is 1.65. The summed E-state index contributed by atoms with van der Waals surface area (Å²) in [6, 6.07) is 0. The van der Waals surface area contributed by atoms with E-state index in [-0.39, 0.29) is 0 Å².